The van der Waals surface area contributed by atoms with Crippen molar-refractivity contribution in [1.29, 1.82) is 0 Å². The zero-order chi connectivity index (χ0) is 14.7. The van der Waals surface area contributed by atoms with Crippen LogP contribution in [-0.4, -0.2) is 32.6 Å². The predicted octanol–water partition coefficient (Wildman–Crippen LogP) is -1.09. The number of carbonyl (C=O) groups excluding carboxylic acids is 1. The van der Waals surface area contributed by atoms with Crippen LogP contribution in [0.5, 0.6) is 0 Å². The fourth-order valence-corrected chi connectivity index (χ4v) is 1.46. The first kappa shape index (κ1) is 14.7. The van der Waals surface area contributed by atoms with Crippen LogP contribution in [0.2, 0.25) is 0 Å². The summed E-state index contributed by atoms with van der Waals surface area (Å²) < 4.78 is 0.736. The number of rotatable bonds is 4. The first-order valence-corrected chi connectivity index (χ1v) is 5.58. The molecule has 0 unspecified atom stereocenters. The molecule has 0 spiro atoms. The van der Waals surface area contributed by atoms with Crippen LogP contribution in [0.25, 0.3) is 0 Å². The number of carboxylic acids is 1. The van der Waals surface area contributed by atoms with Gasteiger partial charge in [0, 0.05) is 13.2 Å². The molecule has 1 amide bonds. The van der Waals surface area contributed by atoms with E-state index in [0.29, 0.717) is 0 Å². The maximum Gasteiger partial charge on any atom is 0.328 e. The molecule has 1 atom stereocenters. The zero-order valence-electron chi connectivity index (χ0n) is 10.8. The Morgan fingerprint density at radius 3 is 2.42 bits per heavy atom. The zero-order valence-corrected chi connectivity index (χ0v) is 10.8. The van der Waals surface area contributed by atoms with E-state index in [4.69, 9.17) is 5.11 Å². The quantitative estimate of drug-likeness (QED) is 0.641. The van der Waals surface area contributed by atoms with Crippen molar-refractivity contribution in [2.75, 3.05) is 0 Å². The van der Waals surface area contributed by atoms with Gasteiger partial charge in [0.15, 0.2) is 0 Å². The molecular weight excluding hydrogens is 254 g/mol. The molecule has 19 heavy (non-hydrogen) atoms. The van der Waals surface area contributed by atoms with Crippen molar-refractivity contribution in [3.63, 3.8) is 0 Å². The number of carbonyl (C=O) groups is 2. The average Bonchev–Trinajstić information content (AvgIpc) is 2.32. The Labute approximate surface area is 108 Å². The number of amides is 1. The highest BCUT2D eigenvalue weighted by Crippen LogP contribution is 2.02. The molecule has 3 N–H and O–H groups in total. The molecule has 8 nitrogen and oxygen atoms in total. The van der Waals surface area contributed by atoms with E-state index in [1.54, 1.807) is 13.8 Å². The van der Waals surface area contributed by atoms with E-state index in [-0.39, 0.29) is 11.5 Å². The van der Waals surface area contributed by atoms with E-state index in [0.717, 1.165) is 10.8 Å². The van der Waals surface area contributed by atoms with Crippen LogP contribution >= 0.6 is 0 Å². The molecule has 0 aliphatic heterocycles. The van der Waals surface area contributed by atoms with Gasteiger partial charge >= 0.3 is 11.7 Å². The first-order chi connectivity index (χ1) is 8.75. The number of hydrogen-bond donors (Lipinski definition) is 3. The fraction of sp³-hybridized carbons (Fsp3) is 0.455. The summed E-state index contributed by atoms with van der Waals surface area (Å²) in [5.41, 5.74) is -1.75. The number of carboxylic acid groups (broad SMARTS) is 1. The number of aromatic nitrogens is 2. The predicted molar refractivity (Wildman–Crippen MR) is 66.0 cm³/mol. The monoisotopic (exact) mass is 269 g/mol. The van der Waals surface area contributed by atoms with Crippen LogP contribution in [0.4, 0.5) is 0 Å². The summed E-state index contributed by atoms with van der Waals surface area (Å²) in [5, 5.41) is 11.2. The van der Waals surface area contributed by atoms with Crippen molar-refractivity contribution in [1.82, 2.24) is 14.9 Å². The second-order valence-electron chi connectivity index (χ2n) is 4.41. The summed E-state index contributed by atoms with van der Waals surface area (Å²) in [6.07, 6.45) is 0.971. The second-order valence-corrected chi connectivity index (χ2v) is 4.41. The lowest BCUT2D eigenvalue weighted by molar-refractivity contribution is -0.140. The summed E-state index contributed by atoms with van der Waals surface area (Å²) in [7, 11) is 1.22. The molecule has 1 rings (SSSR count). The van der Waals surface area contributed by atoms with Crippen LogP contribution in [0, 0.1) is 5.92 Å². The molecule has 0 fully saturated rings. The number of hydrogen-bond acceptors (Lipinski definition) is 4. The van der Waals surface area contributed by atoms with Crippen LogP contribution < -0.4 is 16.6 Å². The van der Waals surface area contributed by atoms with E-state index in [2.05, 4.69) is 10.3 Å². The third-order valence-electron chi connectivity index (χ3n) is 2.64. The van der Waals surface area contributed by atoms with E-state index in [1.807, 2.05) is 0 Å². The standard InChI is InChI=1S/C11H15N3O5/c1-5(2)7(10(17)18)13-8(15)6-4-12-11(19)14(3)9(6)16/h4-5,7H,1-3H3,(H,12,19)(H,13,15)(H,17,18)/t7-/m1/s1. The Kier molecular flexibility index (Phi) is 4.26. The number of nitrogens with one attached hydrogen (secondary N) is 2. The minimum atomic E-state index is -1.19. The molecule has 1 heterocycles. The maximum absolute atomic E-state index is 11.8. The fourth-order valence-electron chi connectivity index (χ4n) is 1.46. The Hall–Kier alpha value is -2.38. The van der Waals surface area contributed by atoms with E-state index >= 15 is 0 Å². The molecule has 0 saturated heterocycles. The summed E-state index contributed by atoms with van der Waals surface area (Å²) in [6, 6.07) is -1.11. The van der Waals surface area contributed by atoms with E-state index < -0.39 is 29.2 Å². The molecule has 0 bridgehead atoms. The van der Waals surface area contributed by atoms with Gasteiger partial charge in [-0.3, -0.25) is 14.2 Å². The van der Waals surface area contributed by atoms with Crippen LogP contribution in [0.15, 0.2) is 15.8 Å². The molecule has 1 aromatic heterocycles. The van der Waals surface area contributed by atoms with Gasteiger partial charge in [-0.15, -0.1) is 0 Å². The molecule has 1 aromatic rings. The SMILES string of the molecule is CC(C)[C@@H](NC(=O)c1c[nH]c(=O)n(C)c1=O)C(=O)O. The minimum Gasteiger partial charge on any atom is -0.480 e. The lowest BCUT2D eigenvalue weighted by Crippen LogP contribution is -2.47. The summed E-state index contributed by atoms with van der Waals surface area (Å²) >= 11 is 0. The van der Waals surface area contributed by atoms with Crippen LogP contribution in [0.3, 0.4) is 0 Å². The molecular formula is C11H15N3O5. The third-order valence-corrected chi connectivity index (χ3v) is 2.64. The smallest absolute Gasteiger partial charge is 0.328 e. The summed E-state index contributed by atoms with van der Waals surface area (Å²) in [5.74, 6) is -2.37. The summed E-state index contributed by atoms with van der Waals surface area (Å²) in [4.78, 5) is 47.8. The Bertz CT molecular complexity index is 613. The van der Waals surface area contributed by atoms with Gasteiger partial charge in [-0.25, -0.2) is 9.59 Å². The average molecular weight is 269 g/mol. The lowest BCUT2D eigenvalue weighted by Gasteiger charge is -2.17. The van der Waals surface area contributed by atoms with Gasteiger partial charge in [0.1, 0.15) is 11.6 Å². The Morgan fingerprint density at radius 2 is 1.95 bits per heavy atom. The molecule has 0 aromatic carbocycles. The number of H-pyrrole nitrogens is 1. The van der Waals surface area contributed by atoms with Gasteiger partial charge in [-0.05, 0) is 5.92 Å². The third kappa shape index (κ3) is 3.09. The van der Waals surface area contributed by atoms with Gasteiger partial charge < -0.3 is 15.4 Å². The van der Waals surface area contributed by atoms with Crippen LogP contribution in [-0.2, 0) is 11.8 Å². The van der Waals surface area contributed by atoms with Gasteiger partial charge in [0.25, 0.3) is 11.5 Å². The highest BCUT2D eigenvalue weighted by atomic mass is 16.4. The molecule has 8 heteroatoms. The highest BCUT2D eigenvalue weighted by molar-refractivity contribution is 5.96. The van der Waals surface area contributed by atoms with E-state index in [9.17, 15) is 19.2 Å². The number of aromatic amines is 1. The number of nitrogens with zero attached hydrogens (tertiary/aromatic N) is 1. The topological polar surface area (TPSA) is 121 Å². The van der Waals surface area contributed by atoms with Crippen molar-refractivity contribution >= 4 is 11.9 Å². The van der Waals surface area contributed by atoms with Gasteiger partial charge in [-0.2, -0.15) is 0 Å². The maximum atomic E-state index is 11.8. The van der Waals surface area contributed by atoms with Crippen molar-refractivity contribution in [2.45, 2.75) is 19.9 Å². The second kappa shape index (κ2) is 5.51. The van der Waals surface area contributed by atoms with Crippen molar-refractivity contribution in [3.05, 3.63) is 32.6 Å². The minimum absolute atomic E-state index is 0.311. The van der Waals surface area contributed by atoms with E-state index in [1.165, 1.54) is 7.05 Å². The molecule has 0 aliphatic carbocycles. The van der Waals surface area contributed by atoms with Gasteiger partial charge in [0.05, 0.1) is 0 Å². The summed E-state index contributed by atoms with van der Waals surface area (Å²) in [6.45, 7) is 3.26. The Balaban J connectivity index is 3.09. The number of aliphatic carboxylic acids is 1. The largest absolute Gasteiger partial charge is 0.480 e. The lowest BCUT2D eigenvalue weighted by atomic mass is 10.0. The molecule has 0 saturated carbocycles. The molecule has 0 aliphatic rings. The van der Waals surface area contributed by atoms with Gasteiger partial charge in [0.2, 0.25) is 0 Å². The van der Waals surface area contributed by atoms with Gasteiger partial charge in [-0.1, -0.05) is 13.8 Å². The van der Waals surface area contributed by atoms with Crippen molar-refractivity contribution in [2.24, 2.45) is 13.0 Å². The van der Waals surface area contributed by atoms with Crippen molar-refractivity contribution in [3.8, 4) is 0 Å². The normalized spacial score (nSPS) is 12.2. The molecule has 104 valence electrons. The highest BCUT2D eigenvalue weighted by Gasteiger charge is 2.25. The van der Waals surface area contributed by atoms with Crippen molar-refractivity contribution < 1.29 is 14.7 Å². The van der Waals surface area contributed by atoms with Crippen LogP contribution in [0.1, 0.15) is 24.2 Å². The first-order valence-electron chi connectivity index (χ1n) is 5.58. The Morgan fingerprint density at radius 1 is 1.37 bits per heavy atom. The molecule has 0 radical (unpaired) electrons.